The number of halogens is 1. The Hall–Kier alpha value is -2.11. The van der Waals surface area contributed by atoms with Gasteiger partial charge in [-0.2, -0.15) is 0 Å². The summed E-state index contributed by atoms with van der Waals surface area (Å²) in [5.74, 6) is -1.69. The molecule has 1 aromatic carbocycles. The Balaban J connectivity index is 2.18. The van der Waals surface area contributed by atoms with Gasteiger partial charge in [-0.3, -0.25) is 9.59 Å². The maximum atomic E-state index is 13.3. The van der Waals surface area contributed by atoms with E-state index in [1.54, 1.807) is 0 Å². The molecule has 0 heterocycles. The third-order valence-corrected chi connectivity index (χ3v) is 3.19. The molecule has 0 bridgehead atoms. The van der Waals surface area contributed by atoms with Crippen LogP contribution in [0.2, 0.25) is 0 Å². The Morgan fingerprint density at radius 1 is 1.45 bits per heavy atom. The van der Waals surface area contributed by atoms with E-state index in [0.717, 1.165) is 18.9 Å². The maximum Gasteiger partial charge on any atom is 0.323 e. The molecule has 0 radical (unpaired) electrons. The van der Waals surface area contributed by atoms with E-state index in [1.807, 2.05) is 0 Å². The summed E-state index contributed by atoms with van der Waals surface area (Å²) in [6, 6.07) is 3.77. The number of benzene rings is 1. The van der Waals surface area contributed by atoms with Gasteiger partial charge in [-0.05, 0) is 37.0 Å². The van der Waals surface area contributed by atoms with Crippen molar-refractivity contribution in [3.8, 4) is 5.75 Å². The Bertz CT molecular complexity index is 528. The van der Waals surface area contributed by atoms with E-state index in [2.05, 4.69) is 0 Å². The van der Waals surface area contributed by atoms with Crippen LogP contribution in [0.1, 0.15) is 23.2 Å². The fraction of sp³-hybridized carbons (Fsp3) is 0.429. The summed E-state index contributed by atoms with van der Waals surface area (Å²) in [4.78, 5) is 24.4. The van der Waals surface area contributed by atoms with Crippen LogP contribution < -0.4 is 4.74 Å². The van der Waals surface area contributed by atoms with Crippen molar-refractivity contribution in [2.75, 3.05) is 20.2 Å². The number of carbonyl (C=O) groups excluding carboxylic acids is 1. The van der Waals surface area contributed by atoms with Crippen molar-refractivity contribution in [2.45, 2.75) is 12.8 Å². The van der Waals surface area contributed by atoms with Crippen molar-refractivity contribution < 1.29 is 23.8 Å². The predicted molar refractivity (Wildman–Crippen MR) is 69.2 cm³/mol. The van der Waals surface area contributed by atoms with E-state index in [1.165, 1.54) is 24.1 Å². The minimum absolute atomic E-state index is 0.0300. The first kappa shape index (κ1) is 14.3. The topological polar surface area (TPSA) is 66.8 Å². The lowest BCUT2D eigenvalue weighted by molar-refractivity contribution is -0.137. The van der Waals surface area contributed by atoms with Crippen molar-refractivity contribution in [2.24, 2.45) is 5.92 Å². The monoisotopic (exact) mass is 281 g/mol. The van der Waals surface area contributed by atoms with Gasteiger partial charge in [0.1, 0.15) is 6.54 Å². The lowest BCUT2D eigenvalue weighted by atomic mass is 10.1. The van der Waals surface area contributed by atoms with Crippen LogP contribution in [-0.4, -0.2) is 42.1 Å². The molecule has 1 aromatic rings. The lowest BCUT2D eigenvalue weighted by Crippen LogP contribution is -2.37. The summed E-state index contributed by atoms with van der Waals surface area (Å²) in [5.41, 5.74) is 0.227. The zero-order valence-corrected chi connectivity index (χ0v) is 11.1. The summed E-state index contributed by atoms with van der Waals surface area (Å²) in [5, 5.41) is 8.88. The summed E-state index contributed by atoms with van der Waals surface area (Å²) in [6.45, 7) is 0.0693. The zero-order chi connectivity index (χ0) is 14.7. The third kappa shape index (κ3) is 3.46. The second-order valence-corrected chi connectivity index (χ2v) is 4.87. The fourth-order valence-corrected chi connectivity index (χ4v) is 1.97. The highest BCUT2D eigenvalue weighted by Crippen LogP contribution is 2.30. The second-order valence-electron chi connectivity index (χ2n) is 4.87. The normalized spacial score (nSPS) is 13.9. The molecular formula is C14H16FNO4. The number of aliphatic carboxylic acids is 1. The number of carbonyl (C=O) groups is 2. The first-order chi connectivity index (χ1) is 9.51. The average Bonchev–Trinajstić information content (AvgIpc) is 3.21. The Labute approximate surface area is 116 Å². The summed E-state index contributed by atoms with van der Waals surface area (Å²) < 4.78 is 18.1. The Morgan fingerprint density at radius 2 is 2.15 bits per heavy atom. The molecule has 1 aliphatic rings. The van der Waals surface area contributed by atoms with Gasteiger partial charge in [0.25, 0.3) is 5.91 Å². The molecule has 0 spiro atoms. The number of hydrogen-bond acceptors (Lipinski definition) is 3. The second kappa shape index (κ2) is 5.90. The number of amides is 1. The van der Waals surface area contributed by atoms with Crippen molar-refractivity contribution >= 4 is 11.9 Å². The first-order valence-electron chi connectivity index (χ1n) is 6.36. The average molecular weight is 281 g/mol. The van der Waals surface area contributed by atoms with Crippen LogP contribution in [0.3, 0.4) is 0 Å². The predicted octanol–water partition coefficient (Wildman–Crippen LogP) is 1.77. The number of carboxylic acid groups (broad SMARTS) is 1. The summed E-state index contributed by atoms with van der Waals surface area (Å²) in [7, 11) is 1.31. The Morgan fingerprint density at radius 3 is 2.70 bits per heavy atom. The molecule has 20 heavy (non-hydrogen) atoms. The van der Waals surface area contributed by atoms with Crippen LogP contribution in [0.25, 0.3) is 0 Å². The third-order valence-electron chi connectivity index (χ3n) is 3.19. The molecule has 0 aliphatic heterocycles. The van der Waals surface area contributed by atoms with Crippen molar-refractivity contribution in [1.82, 2.24) is 4.90 Å². The number of methoxy groups -OCH3 is 1. The zero-order valence-electron chi connectivity index (χ0n) is 11.1. The van der Waals surface area contributed by atoms with Gasteiger partial charge in [0.15, 0.2) is 11.6 Å². The number of carboxylic acids is 1. The van der Waals surface area contributed by atoms with E-state index in [9.17, 15) is 14.0 Å². The number of ether oxygens (including phenoxy) is 1. The van der Waals surface area contributed by atoms with Gasteiger partial charge < -0.3 is 14.7 Å². The van der Waals surface area contributed by atoms with E-state index in [4.69, 9.17) is 9.84 Å². The van der Waals surface area contributed by atoms with Crippen molar-refractivity contribution in [3.63, 3.8) is 0 Å². The minimum atomic E-state index is -1.06. The standard InChI is InChI=1S/C14H16FNO4/c1-20-12-6-10(4-5-11(12)15)14(19)16(8-13(17)18)7-9-2-3-9/h4-6,9H,2-3,7-8H2,1H3,(H,17,18). The van der Waals surface area contributed by atoms with E-state index in [-0.39, 0.29) is 17.9 Å². The van der Waals surface area contributed by atoms with Crippen LogP contribution >= 0.6 is 0 Å². The molecule has 1 fully saturated rings. The van der Waals surface area contributed by atoms with Gasteiger partial charge in [-0.15, -0.1) is 0 Å². The van der Waals surface area contributed by atoms with Gasteiger partial charge in [-0.25, -0.2) is 4.39 Å². The summed E-state index contributed by atoms with van der Waals surface area (Å²) in [6.07, 6.45) is 2.02. The van der Waals surface area contributed by atoms with Gasteiger partial charge in [0.2, 0.25) is 0 Å². The molecule has 5 nitrogen and oxygen atoms in total. The molecule has 2 rings (SSSR count). The fourth-order valence-electron chi connectivity index (χ4n) is 1.97. The van der Waals surface area contributed by atoms with Crippen LogP contribution in [-0.2, 0) is 4.79 Å². The molecule has 0 atom stereocenters. The number of hydrogen-bond donors (Lipinski definition) is 1. The van der Waals surface area contributed by atoms with Gasteiger partial charge in [-0.1, -0.05) is 0 Å². The molecule has 1 saturated carbocycles. The Kier molecular flexibility index (Phi) is 4.22. The van der Waals surface area contributed by atoms with Crippen molar-refractivity contribution in [3.05, 3.63) is 29.6 Å². The van der Waals surface area contributed by atoms with Crippen LogP contribution in [0, 0.1) is 11.7 Å². The lowest BCUT2D eigenvalue weighted by Gasteiger charge is -2.20. The smallest absolute Gasteiger partial charge is 0.323 e. The van der Waals surface area contributed by atoms with E-state index >= 15 is 0 Å². The maximum absolute atomic E-state index is 13.3. The molecule has 0 saturated heterocycles. The minimum Gasteiger partial charge on any atom is -0.494 e. The molecular weight excluding hydrogens is 265 g/mol. The molecule has 1 N–H and O–H groups in total. The number of nitrogens with zero attached hydrogens (tertiary/aromatic N) is 1. The molecule has 0 unspecified atom stereocenters. The van der Waals surface area contributed by atoms with E-state index in [0.29, 0.717) is 12.5 Å². The molecule has 1 amide bonds. The van der Waals surface area contributed by atoms with Crippen LogP contribution in [0.4, 0.5) is 4.39 Å². The quantitative estimate of drug-likeness (QED) is 0.863. The van der Waals surface area contributed by atoms with Gasteiger partial charge in [0, 0.05) is 12.1 Å². The SMILES string of the molecule is COc1cc(C(=O)N(CC(=O)O)CC2CC2)ccc1F. The number of rotatable bonds is 6. The molecule has 0 aromatic heterocycles. The van der Waals surface area contributed by atoms with Gasteiger partial charge in [0.05, 0.1) is 7.11 Å². The highest BCUT2D eigenvalue weighted by atomic mass is 19.1. The molecule has 1 aliphatic carbocycles. The summed E-state index contributed by atoms with van der Waals surface area (Å²) >= 11 is 0. The van der Waals surface area contributed by atoms with Crippen LogP contribution in [0.5, 0.6) is 5.75 Å². The van der Waals surface area contributed by atoms with E-state index < -0.39 is 17.7 Å². The largest absolute Gasteiger partial charge is 0.494 e. The highest BCUT2D eigenvalue weighted by Gasteiger charge is 2.28. The van der Waals surface area contributed by atoms with Crippen LogP contribution in [0.15, 0.2) is 18.2 Å². The molecule has 6 heteroatoms. The highest BCUT2D eigenvalue weighted by molar-refractivity contribution is 5.96. The first-order valence-corrected chi connectivity index (χ1v) is 6.36. The van der Waals surface area contributed by atoms with Crippen molar-refractivity contribution in [1.29, 1.82) is 0 Å². The van der Waals surface area contributed by atoms with Gasteiger partial charge >= 0.3 is 5.97 Å². The molecule has 108 valence electrons.